The van der Waals surface area contributed by atoms with Gasteiger partial charge in [0.15, 0.2) is 4.60 Å². The Morgan fingerprint density at radius 2 is 2.25 bits per heavy atom. The van der Waals surface area contributed by atoms with E-state index in [1.54, 1.807) is 0 Å². The summed E-state index contributed by atoms with van der Waals surface area (Å²) < 4.78 is 2.73. The smallest absolute Gasteiger partial charge is 0.153 e. The fourth-order valence-electron chi connectivity index (χ4n) is 2.40. The van der Waals surface area contributed by atoms with E-state index >= 15 is 0 Å². The molecular weight excluding hydrogens is 268 g/mol. The molecule has 2 rings (SSSR count). The van der Waals surface area contributed by atoms with E-state index in [0.29, 0.717) is 17.4 Å². The first kappa shape index (κ1) is 12.0. The fraction of sp³-hybridized carbons (Fsp3) is 0.818. The average molecular weight is 287 g/mol. The lowest BCUT2D eigenvalue weighted by Gasteiger charge is -2.19. The van der Waals surface area contributed by atoms with Crippen LogP contribution in [0.1, 0.15) is 38.9 Å². The molecule has 1 aromatic heterocycles. The molecule has 0 aromatic carbocycles. The van der Waals surface area contributed by atoms with E-state index in [2.05, 4.69) is 52.3 Å². The van der Waals surface area contributed by atoms with Crippen LogP contribution >= 0.6 is 15.9 Å². The highest BCUT2D eigenvalue weighted by atomic mass is 79.9. The number of nitrogens with one attached hydrogen (secondary N) is 1. The third kappa shape index (κ3) is 2.02. The zero-order valence-electron chi connectivity index (χ0n) is 10.3. The Bertz CT molecular complexity index is 366. The highest BCUT2D eigenvalue weighted by molar-refractivity contribution is 9.10. The Balaban J connectivity index is 2.27. The monoisotopic (exact) mass is 286 g/mol. The molecule has 1 saturated carbocycles. The molecule has 90 valence electrons. The van der Waals surface area contributed by atoms with Crippen molar-refractivity contribution in [3.05, 3.63) is 10.3 Å². The topological polar surface area (TPSA) is 42.7 Å². The molecule has 5 heteroatoms. The Morgan fingerprint density at radius 1 is 1.62 bits per heavy atom. The van der Waals surface area contributed by atoms with Gasteiger partial charge in [-0.25, -0.2) is 4.68 Å². The van der Waals surface area contributed by atoms with E-state index in [4.69, 9.17) is 0 Å². The molecule has 0 aliphatic heterocycles. The number of rotatable bonds is 4. The first-order valence-electron chi connectivity index (χ1n) is 5.76. The molecule has 2 unspecified atom stereocenters. The van der Waals surface area contributed by atoms with Crippen molar-refractivity contribution >= 4 is 15.9 Å². The number of halogens is 1. The van der Waals surface area contributed by atoms with Crippen LogP contribution in [0.5, 0.6) is 0 Å². The predicted molar refractivity (Wildman–Crippen MR) is 67.0 cm³/mol. The Labute approximate surface area is 105 Å². The Morgan fingerprint density at radius 3 is 2.62 bits per heavy atom. The molecule has 2 atom stereocenters. The third-order valence-electron chi connectivity index (χ3n) is 3.54. The zero-order valence-corrected chi connectivity index (χ0v) is 11.9. The van der Waals surface area contributed by atoms with Crippen molar-refractivity contribution in [3.8, 4) is 0 Å². The van der Waals surface area contributed by atoms with E-state index in [9.17, 15) is 0 Å². The summed E-state index contributed by atoms with van der Waals surface area (Å²) in [5.74, 6) is 0.681. The highest BCUT2D eigenvalue weighted by Crippen LogP contribution is 2.58. The molecule has 1 heterocycles. The van der Waals surface area contributed by atoms with Gasteiger partial charge in [0.2, 0.25) is 0 Å². The summed E-state index contributed by atoms with van der Waals surface area (Å²) in [4.78, 5) is 0. The van der Waals surface area contributed by atoms with Crippen molar-refractivity contribution in [1.82, 2.24) is 20.3 Å². The summed E-state index contributed by atoms with van der Waals surface area (Å²) in [6.45, 7) is 7.74. The molecule has 16 heavy (non-hydrogen) atoms. The first-order valence-corrected chi connectivity index (χ1v) is 6.55. The maximum atomic E-state index is 4.07. The second-order valence-electron chi connectivity index (χ2n) is 5.22. The summed E-state index contributed by atoms with van der Waals surface area (Å²) in [5, 5.41) is 11.7. The van der Waals surface area contributed by atoms with E-state index in [1.165, 1.54) is 6.42 Å². The molecule has 0 radical (unpaired) electrons. The van der Waals surface area contributed by atoms with Gasteiger partial charge in [-0.1, -0.05) is 26.0 Å². The summed E-state index contributed by atoms with van der Waals surface area (Å²) in [6.07, 6.45) is 1.27. The molecule has 1 N–H and O–H groups in total. The Hall–Kier alpha value is -0.420. The lowest BCUT2D eigenvalue weighted by atomic mass is 10.0. The normalized spacial score (nSPS) is 24.4. The quantitative estimate of drug-likeness (QED) is 0.923. The molecule has 1 aliphatic rings. The van der Waals surface area contributed by atoms with E-state index in [1.807, 2.05) is 11.7 Å². The van der Waals surface area contributed by atoms with Crippen molar-refractivity contribution < 1.29 is 0 Å². The van der Waals surface area contributed by atoms with Crippen LogP contribution in [0.3, 0.4) is 0 Å². The molecule has 1 aromatic rings. The summed E-state index contributed by atoms with van der Waals surface area (Å²) in [5.41, 5.74) is 1.61. The number of nitrogens with zero attached hydrogens (tertiary/aromatic N) is 3. The van der Waals surface area contributed by atoms with Gasteiger partial charge in [-0.2, -0.15) is 0 Å². The molecule has 0 saturated heterocycles. The second-order valence-corrected chi connectivity index (χ2v) is 5.97. The number of aromatic nitrogens is 3. The minimum absolute atomic E-state index is 0.356. The highest BCUT2D eigenvalue weighted by Gasteiger charge is 2.51. The van der Waals surface area contributed by atoms with Crippen LogP contribution in [0.2, 0.25) is 0 Å². The van der Waals surface area contributed by atoms with Gasteiger partial charge >= 0.3 is 0 Å². The molecule has 0 spiro atoms. The lowest BCUT2D eigenvalue weighted by Crippen LogP contribution is -2.26. The van der Waals surface area contributed by atoms with Crippen LogP contribution in [0.25, 0.3) is 0 Å². The number of aryl methyl sites for hydroxylation is 1. The largest absolute Gasteiger partial charge is 0.309 e. The van der Waals surface area contributed by atoms with Gasteiger partial charge in [-0.3, -0.25) is 0 Å². The van der Waals surface area contributed by atoms with Gasteiger partial charge in [0, 0.05) is 7.05 Å². The SMILES string of the molecule is CCNC(c1c(Br)nnn1C)C1CC1(C)C. The second kappa shape index (κ2) is 4.11. The number of hydrogen-bond donors (Lipinski definition) is 1. The predicted octanol–water partition coefficient (Wildman–Crippen LogP) is 2.27. The minimum atomic E-state index is 0.356. The average Bonchev–Trinajstić information content (AvgIpc) is 2.70. The van der Waals surface area contributed by atoms with Crippen LogP contribution in [-0.2, 0) is 7.05 Å². The van der Waals surface area contributed by atoms with Crippen LogP contribution in [0, 0.1) is 11.3 Å². The minimum Gasteiger partial charge on any atom is -0.309 e. The van der Waals surface area contributed by atoms with Crippen LogP contribution < -0.4 is 5.32 Å². The molecule has 4 nitrogen and oxygen atoms in total. The summed E-state index contributed by atoms with van der Waals surface area (Å²) in [6, 6.07) is 0.356. The van der Waals surface area contributed by atoms with Gasteiger partial charge in [0.25, 0.3) is 0 Å². The lowest BCUT2D eigenvalue weighted by molar-refractivity contribution is 0.402. The van der Waals surface area contributed by atoms with Crippen molar-refractivity contribution in [2.45, 2.75) is 33.2 Å². The van der Waals surface area contributed by atoms with Crippen molar-refractivity contribution in [2.75, 3.05) is 6.54 Å². The van der Waals surface area contributed by atoms with Gasteiger partial charge in [-0.15, -0.1) is 5.10 Å². The van der Waals surface area contributed by atoms with Gasteiger partial charge in [-0.05, 0) is 40.2 Å². The number of hydrogen-bond acceptors (Lipinski definition) is 3. The first-order chi connectivity index (χ1) is 7.47. The third-order valence-corrected chi connectivity index (χ3v) is 4.10. The van der Waals surface area contributed by atoms with E-state index < -0.39 is 0 Å². The zero-order chi connectivity index (χ0) is 11.9. The molecule has 0 amide bonds. The van der Waals surface area contributed by atoms with Crippen molar-refractivity contribution in [3.63, 3.8) is 0 Å². The van der Waals surface area contributed by atoms with E-state index in [-0.39, 0.29) is 0 Å². The summed E-state index contributed by atoms with van der Waals surface area (Å²) in [7, 11) is 1.95. The Kier molecular flexibility index (Phi) is 3.09. The molecule has 0 bridgehead atoms. The maximum absolute atomic E-state index is 4.07. The summed E-state index contributed by atoms with van der Waals surface area (Å²) >= 11 is 3.49. The maximum Gasteiger partial charge on any atom is 0.153 e. The fourth-order valence-corrected chi connectivity index (χ4v) is 2.97. The van der Waals surface area contributed by atoms with Crippen LogP contribution in [0.15, 0.2) is 4.60 Å². The van der Waals surface area contributed by atoms with Crippen LogP contribution in [-0.4, -0.2) is 21.5 Å². The van der Waals surface area contributed by atoms with Crippen molar-refractivity contribution in [1.29, 1.82) is 0 Å². The van der Waals surface area contributed by atoms with Gasteiger partial charge in [0.05, 0.1) is 11.7 Å². The standard InChI is InChI=1S/C11H19BrN4/c1-5-13-8(7-6-11(7,2)3)9-10(12)14-15-16(9)4/h7-8,13H,5-6H2,1-4H3. The van der Waals surface area contributed by atoms with Crippen LogP contribution in [0.4, 0.5) is 0 Å². The molecule has 1 fully saturated rings. The van der Waals surface area contributed by atoms with Gasteiger partial charge < -0.3 is 5.32 Å². The van der Waals surface area contributed by atoms with E-state index in [0.717, 1.165) is 16.8 Å². The molecular formula is C11H19BrN4. The van der Waals surface area contributed by atoms with Gasteiger partial charge in [0.1, 0.15) is 0 Å². The van der Waals surface area contributed by atoms with Crippen molar-refractivity contribution in [2.24, 2.45) is 18.4 Å². The molecule has 1 aliphatic carbocycles.